The maximum Gasteiger partial charge on any atom is 0.251 e. The average molecular weight is 444 g/mol. The molecule has 0 saturated heterocycles. The number of hydrogen-bond donors (Lipinski definition) is 1. The van der Waals surface area contributed by atoms with Crippen molar-refractivity contribution < 1.29 is 18.0 Å². The second kappa shape index (κ2) is 9.20. The Bertz CT molecular complexity index is 1080. The lowest BCUT2D eigenvalue weighted by atomic mass is 10.1. The van der Waals surface area contributed by atoms with Crippen LogP contribution in [-0.4, -0.2) is 56.1 Å². The summed E-state index contributed by atoms with van der Waals surface area (Å²) >= 11 is 0. The van der Waals surface area contributed by atoms with E-state index in [0.717, 1.165) is 33.8 Å². The Balaban J connectivity index is 1.59. The van der Waals surface area contributed by atoms with E-state index in [1.54, 1.807) is 49.5 Å². The molecule has 1 aliphatic carbocycles. The van der Waals surface area contributed by atoms with E-state index in [-0.39, 0.29) is 23.3 Å². The highest BCUT2D eigenvalue weighted by atomic mass is 32.2. The van der Waals surface area contributed by atoms with Crippen molar-refractivity contribution in [1.82, 2.24) is 14.5 Å². The monoisotopic (exact) mass is 443 g/mol. The van der Waals surface area contributed by atoms with Crippen LogP contribution in [0, 0.1) is 13.8 Å². The van der Waals surface area contributed by atoms with Gasteiger partial charge in [-0.3, -0.25) is 9.59 Å². The summed E-state index contributed by atoms with van der Waals surface area (Å²) in [6.45, 7) is 3.84. The maximum absolute atomic E-state index is 12.8. The Kier molecular flexibility index (Phi) is 6.81. The van der Waals surface area contributed by atoms with Crippen LogP contribution in [0.4, 0.5) is 0 Å². The third kappa shape index (κ3) is 5.71. The molecule has 0 bridgehead atoms. The van der Waals surface area contributed by atoms with Crippen LogP contribution in [0.25, 0.3) is 0 Å². The molecule has 2 amide bonds. The number of aryl methyl sites for hydroxylation is 2. The minimum atomic E-state index is -3.76. The summed E-state index contributed by atoms with van der Waals surface area (Å²) in [6.07, 6.45) is 2.06. The van der Waals surface area contributed by atoms with Gasteiger partial charge >= 0.3 is 0 Å². The molecular formula is C23H29N3O4S. The molecule has 1 saturated carbocycles. The van der Waals surface area contributed by atoms with Gasteiger partial charge in [0.15, 0.2) is 0 Å². The van der Waals surface area contributed by atoms with E-state index in [4.69, 9.17) is 0 Å². The molecule has 31 heavy (non-hydrogen) atoms. The Labute approximate surface area is 184 Å². The second-order valence-electron chi connectivity index (χ2n) is 8.20. The van der Waals surface area contributed by atoms with Crippen molar-refractivity contribution in [3.63, 3.8) is 0 Å². The number of sulfonamides is 1. The van der Waals surface area contributed by atoms with Gasteiger partial charge in [0.05, 0.1) is 11.4 Å². The summed E-state index contributed by atoms with van der Waals surface area (Å²) in [5.41, 5.74) is 3.34. The number of benzene rings is 2. The smallest absolute Gasteiger partial charge is 0.251 e. The molecule has 0 radical (unpaired) electrons. The fourth-order valence-electron chi connectivity index (χ4n) is 3.07. The third-order valence-corrected chi connectivity index (χ3v) is 7.32. The Morgan fingerprint density at radius 1 is 1.00 bits per heavy atom. The summed E-state index contributed by atoms with van der Waals surface area (Å²) in [5, 5.41) is 2.94. The third-order valence-electron chi connectivity index (χ3n) is 5.52. The molecule has 1 N–H and O–H groups in total. The number of likely N-dealkylation sites (N-methyl/N-ethyl adjacent to an activating group) is 2. The van der Waals surface area contributed by atoms with Crippen LogP contribution < -0.4 is 5.32 Å². The van der Waals surface area contributed by atoms with Gasteiger partial charge in [-0.25, -0.2) is 8.42 Å². The minimum absolute atomic E-state index is 0.0864. The topological polar surface area (TPSA) is 86.8 Å². The first-order chi connectivity index (χ1) is 14.6. The summed E-state index contributed by atoms with van der Waals surface area (Å²) in [4.78, 5) is 26.3. The van der Waals surface area contributed by atoms with Crippen LogP contribution in [-0.2, 0) is 21.4 Å². The molecule has 0 heterocycles. The average Bonchev–Trinajstić information content (AvgIpc) is 3.54. The van der Waals surface area contributed by atoms with Gasteiger partial charge in [-0.05, 0) is 67.6 Å². The zero-order valence-corrected chi connectivity index (χ0v) is 19.2. The Morgan fingerprint density at radius 2 is 1.65 bits per heavy atom. The van der Waals surface area contributed by atoms with Crippen molar-refractivity contribution in [1.29, 1.82) is 0 Å². The first-order valence-corrected chi connectivity index (χ1v) is 11.7. The van der Waals surface area contributed by atoms with Crippen molar-refractivity contribution in [2.75, 3.05) is 20.6 Å². The molecule has 0 aliphatic heterocycles. The zero-order chi connectivity index (χ0) is 22.8. The fourth-order valence-corrected chi connectivity index (χ4v) is 4.28. The molecule has 8 heteroatoms. The van der Waals surface area contributed by atoms with Gasteiger partial charge in [-0.2, -0.15) is 4.31 Å². The highest BCUT2D eigenvalue weighted by Gasteiger charge is 2.25. The lowest BCUT2D eigenvalue weighted by Gasteiger charge is -2.22. The first kappa shape index (κ1) is 23.0. The molecule has 0 unspecified atom stereocenters. The summed E-state index contributed by atoms with van der Waals surface area (Å²) in [6, 6.07) is 12.3. The highest BCUT2D eigenvalue weighted by Crippen LogP contribution is 2.20. The van der Waals surface area contributed by atoms with Crippen LogP contribution in [0.15, 0.2) is 47.4 Å². The summed E-state index contributed by atoms with van der Waals surface area (Å²) in [7, 11) is -0.721. The lowest BCUT2D eigenvalue weighted by Crippen LogP contribution is -2.39. The van der Waals surface area contributed by atoms with Crippen molar-refractivity contribution in [2.45, 2.75) is 44.2 Å². The molecule has 0 aromatic heterocycles. The number of carbonyl (C=O) groups is 2. The van der Waals surface area contributed by atoms with Crippen molar-refractivity contribution in [3.8, 4) is 0 Å². The number of nitrogens with zero attached hydrogens (tertiary/aromatic N) is 2. The molecule has 7 nitrogen and oxygen atoms in total. The Hall–Kier alpha value is -2.71. The normalized spacial score (nSPS) is 13.8. The number of hydrogen-bond acceptors (Lipinski definition) is 4. The Morgan fingerprint density at radius 3 is 2.23 bits per heavy atom. The van der Waals surface area contributed by atoms with Crippen LogP contribution in [0.3, 0.4) is 0 Å². The zero-order valence-electron chi connectivity index (χ0n) is 18.4. The fraction of sp³-hybridized carbons (Fsp3) is 0.391. The van der Waals surface area contributed by atoms with Gasteiger partial charge in [0.25, 0.3) is 5.91 Å². The molecular weight excluding hydrogens is 414 g/mol. The molecule has 0 atom stereocenters. The molecule has 166 valence electrons. The summed E-state index contributed by atoms with van der Waals surface area (Å²) in [5.74, 6) is -0.401. The van der Waals surface area contributed by atoms with E-state index in [0.29, 0.717) is 18.2 Å². The lowest BCUT2D eigenvalue weighted by molar-refractivity contribution is -0.130. The van der Waals surface area contributed by atoms with Crippen LogP contribution in [0.5, 0.6) is 0 Å². The van der Waals surface area contributed by atoms with Crippen molar-refractivity contribution in [3.05, 3.63) is 64.7 Å². The predicted molar refractivity (Wildman–Crippen MR) is 119 cm³/mol. The van der Waals surface area contributed by atoms with E-state index in [2.05, 4.69) is 5.32 Å². The van der Waals surface area contributed by atoms with E-state index in [1.807, 2.05) is 13.8 Å². The minimum Gasteiger partial charge on any atom is -0.349 e. The number of carbonyl (C=O) groups excluding carboxylic acids is 2. The van der Waals surface area contributed by atoms with Gasteiger partial charge < -0.3 is 10.2 Å². The van der Waals surface area contributed by atoms with Gasteiger partial charge in [-0.15, -0.1) is 0 Å². The van der Waals surface area contributed by atoms with E-state index in [9.17, 15) is 18.0 Å². The number of amides is 2. The molecule has 0 spiro atoms. The van der Waals surface area contributed by atoms with Gasteiger partial charge in [0, 0.05) is 32.2 Å². The maximum atomic E-state index is 12.8. The molecule has 3 rings (SSSR count). The molecule has 1 fully saturated rings. The highest BCUT2D eigenvalue weighted by molar-refractivity contribution is 7.89. The van der Waals surface area contributed by atoms with E-state index < -0.39 is 10.0 Å². The largest absolute Gasteiger partial charge is 0.349 e. The molecule has 2 aromatic rings. The van der Waals surface area contributed by atoms with Crippen LogP contribution in [0.1, 0.15) is 39.9 Å². The number of rotatable bonds is 8. The SMILES string of the molecule is Cc1ccc(S(=O)(=O)N(C)CC(=O)N(C)Cc2ccc(C(=O)NC3CC3)cc2)cc1C. The van der Waals surface area contributed by atoms with Crippen LogP contribution >= 0.6 is 0 Å². The van der Waals surface area contributed by atoms with Crippen LogP contribution in [0.2, 0.25) is 0 Å². The molecule has 2 aromatic carbocycles. The quantitative estimate of drug-likeness (QED) is 0.679. The predicted octanol–water partition coefficient (Wildman–Crippen LogP) is 2.47. The van der Waals surface area contributed by atoms with Gasteiger partial charge in [-0.1, -0.05) is 18.2 Å². The first-order valence-electron chi connectivity index (χ1n) is 10.3. The standard InChI is InChI=1S/C23H29N3O4S/c1-16-5-12-21(13-17(16)2)31(29,30)26(4)15-22(27)25(3)14-18-6-8-19(9-7-18)23(28)24-20-10-11-20/h5-9,12-13,20H,10-11,14-15H2,1-4H3,(H,24,28). The van der Waals surface area contributed by atoms with Gasteiger partial charge in [0.1, 0.15) is 0 Å². The van der Waals surface area contributed by atoms with Crippen molar-refractivity contribution >= 4 is 21.8 Å². The second-order valence-corrected chi connectivity index (χ2v) is 10.2. The number of nitrogens with one attached hydrogen (secondary N) is 1. The van der Waals surface area contributed by atoms with E-state index >= 15 is 0 Å². The van der Waals surface area contributed by atoms with Crippen molar-refractivity contribution in [2.24, 2.45) is 0 Å². The summed E-state index contributed by atoms with van der Waals surface area (Å²) < 4.78 is 26.7. The molecule has 1 aliphatic rings. The van der Waals surface area contributed by atoms with Gasteiger partial charge in [0.2, 0.25) is 15.9 Å². The van der Waals surface area contributed by atoms with E-state index in [1.165, 1.54) is 11.9 Å².